The van der Waals surface area contributed by atoms with Gasteiger partial charge in [0.05, 0.1) is 11.2 Å². The fraction of sp³-hybridized carbons (Fsp3) is 0.462. The van der Waals surface area contributed by atoms with Gasteiger partial charge in [-0.2, -0.15) is 5.11 Å². The van der Waals surface area contributed by atoms with Crippen molar-refractivity contribution < 1.29 is 0 Å². The first-order valence-corrected chi connectivity index (χ1v) is 11.6. The molecule has 158 valence electrons. The van der Waals surface area contributed by atoms with Crippen molar-refractivity contribution in [1.29, 1.82) is 0 Å². The van der Waals surface area contributed by atoms with Crippen LogP contribution >= 0.6 is 0 Å². The molecule has 1 aromatic heterocycles. The summed E-state index contributed by atoms with van der Waals surface area (Å²) in [7, 11) is 0. The van der Waals surface area contributed by atoms with E-state index in [0.29, 0.717) is 0 Å². The van der Waals surface area contributed by atoms with Gasteiger partial charge in [-0.25, -0.2) is 0 Å². The number of fused-ring (bicyclic) bond motifs is 1. The van der Waals surface area contributed by atoms with E-state index in [9.17, 15) is 0 Å². The minimum absolute atomic E-state index is 0.745. The van der Waals surface area contributed by atoms with Gasteiger partial charge in [-0.1, -0.05) is 82.9 Å². The Hall–Kier alpha value is -2.62. The second kappa shape index (κ2) is 12.8. The summed E-state index contributed by atoms with van der Waals surface area (Å²) < 4.78 is 0. The third-order valence-corrected chi connectivity index (χ3v) is 5.51. The van der Waals surface area contributed by atoms with Crippen LogP contribution < -0.4 is 0 Å². The van der Waals surface area contributed by atoms with Crippen molar-refractivity contribution in [1.82, 2.24) is 9.97 Å². The molecule has 0 N–H and O–H groups in total. The number of benzene rings is 2. The molecule has 4 nitrogen and oxygen atoms in total. The van der Waals surface area contributed by atoms with Crippen molar-refractivity contribution in [2.45, 2.75) is 77.6 Å². The molecule has 2 aromatic carbocycles. The van der Waals surface area contributed by atoms with Crippen molar-refractivity contribution in [3.05, 3.63) is 60.4 Å². The predicted molar refractivity (Wildman–Crippen MR) is 126 cm³/mol. The highest BCUT2D eigenvalue weighted by molar-refractivity contribution is 5.85. The Bertz CT molecular complexity index is 897. The number of aryl methyl sites for hydroxylation is 1. The number of para-hydroxylation sites is 1. The Kier molecular flexibility index (Phi) is 9.45. The third kappa shape index (κ3) is 7.33. The van der Waals surface area contributed by atoms with Gasteiger partial charge in [0.15, 0.2) is 0 Å². The molecule has 1 heterocycles. The van der Waals surface area contributed by atoms with E-state index >= 15 is 0 Å². The van der Waals surface area contributed by atoms with Crippen LogP contribution in [0.25, 0.3) is 11.0 Å². The van der Waals surface area contributed by atoms with E-state index in [-0.39, 0.29) is 0 Å². The number of nitrogens with zero attached hydrogens (tertiary/aromatic N) is 4. The molecule has 4 heteroatoms. The maximum atomic E-state index is 4.38. The number of hydrogen-bond acceptors (Lipinski definition) is 4. The smallest absolute Gasteiger partial charge is 0.116 e. The monoisotopic (exact) mass is 402 g/mol. The van der Waals surface area contributed by atoms with E-state index in [2.05, 4.69) is 39.3 Å². The normalized spacial score (nSPS) is 11.5. The van der Waals surface area contributed by atoms with E-state index in [1.54, 1.807) is 12.4 Å². The molecular weight excluding hydrogens is 368 g/mol. The first-order chi connectivity index (χ1) is 14.9. The minimum atomic E-state index is 0.745. The summed E-state index contributed by atoms with van der Waals surface area (Å²) in [4.78, 5) is 8.68. The first kappa shape index (κ1) is 22.1. The van der Waals surface area contributed by atoms with Gasteiger partial charge in [-0.15, -0.1) is 5.11 Å². The molecule has 0 amide bonds. The van der Waals surface area contributed by atoms with Gasteiger partial charge in [0, 0.05) is 12.4 Å². The van der Waals surface area contributed by atoms with Gasteiger partial charge in [0.1, 0.15) is 11.2 Å². The summed E-state index contributed by atoms with van der Waals surface area (Å²) in [6, 6.07) is 14.2. The second-order valence-electron chi connectivity index (χ2n) is 8.00. The summed E-state index contributed by atoms with van der Waals surface area (Å²) in [5, 5.41) is 8.77. The highest BCUT2D eigenvalue weighted by Crippen LogP contribution is 2.25. The van der Waals surface area contributed by atoms with Crippen molar-refractivity contribution in [2.75, 3.05) is 0 Å². The quantitative estimate of drug-likeness (QED) is 0.212. The molecule has 0 aliphatic heterocycles. The average molecular weight is 403 g/mol. The Labute approximate surface area is 180 Å². The standard InChI is InChI=1S/C26H34N4/c1-2-3-4-5-6-7-8-9-10-11-13-22-16-18-23(19-17-22)29-30-25-15-12-14-24-26(25)28-21-20-27-24/h12,14-21H,2-11,13H2,1H3/b30-29+. The zero-order valence-corrected chi connectivity index (χ0v) is 18.3. The highest BCUT2D eigenvalue weighted by Gasteiger charge is 2.01. The molecule has 0 aliphatic rings. The molecule has 0 unspecified atom stereocenters. The number of rotatable bonds is 13. The molecule has 0 radical (unpaired) electrons. The highest BCUT2D eigenvalue weighted by atomic mass is 15.1. The summed E-state index contributed by atoms with van der Waals surface area (Å²) in [6.07, 6.45) is 18.3. The summed E-state index contributed by atoms with van der Waals surface area (Å²) >= 11 is 0. The number of unbranched alkanes of at least 4 members (excludes halogenated alkanes) is 9. The maximum Gasteiger partial charge on any atom is 0.116 e. The van der Waals surface area contributed by atoms with Crippen LogP contribution in [0.15, 0.2) is 65.1 Å². The van der Waals surface area contributed by atoms with Gasteiger partial charge >= 0.3 is 0 Å². The Morgan fingerprint density at radius 3 is 2.07 bits per heavy atom. The Balaban J connectivity index is 1.37. The lowest BCUT2D eigenvalue weighted by molar-refractivity contribution is 0.556. The molecule has 30 heavy (non-hydrogen) atoms. The second-order valence-corrected chi connectivity index (χ2v) is 8.00. The fourth-order valence-corrected chi connectivity index (χ4v) is 3.72. The lowest BCUT2D eigenvalue weighted by atomic mass is 10.0. The van der Waals surface area contributed by atoms with Gasteiger partial charge in [0.25, 0.3) is 0 Å². The lowest BCUT2D eigenvalue weighted by Gasteiger charge is -2.03. The zero-order valence-electron chi connectivity index (χ0n) is 18.3. The fourth-order valence-electron chi connectivity index (χ4n) is 3.72. The molecule has 0 fully saturated rings. The van der Waals surface area contributed by atoms with Crippen molar-refractivity contribution in [3.8, 4) is 0 Å². The van der Waals surface area contributed by atoms with E-state index in [0.717, 1.165) is 28.8 Å². The van der Waals surface area contributed by atoms with Crippen LogP contribution in [0.4, 0.5) is 11.4 Å². The molecule has 0 saturated carbocycles. The minimum Gasteiger partial charge on any atom is -0.253 e. The topological polar surface area (TPSA) is 50.5 Å². The Morgan fingerprint density at radius 2 is 1.33 bits per heavy atom. The summed E-state index contributed by atoms with van der Waals surface area (Å²) in [6.45, 7) is 2.28. The number of hydrogen-bond donors (Lipinski definition) is 0. The molecule has 0 atom stereocenters. The molecule has 0 aliphatic carbocycles. The first-order valence-electron chi connectivity index (χ1n) is 11.6. The summed E-state index contributed by atoms with van der Waals surface area (Å²) in [5.41, 5.74) is 4.60. The van der Waals surface area contributed by atoms with E-state index < -0.39 is 0 Å². The van der Waals surface area contributed by atoms with E-state index in [1.165, 1.54) is 69.8 Å². The molecule has 0 spiro atoms. The molecule has 3 aromatic rings. The van der Waals surface area contributed by atoms with Crippen molar-refractivity contribution in [3.63, 3.8) is 0 Å². The third-order valence-electron chi connectivity index (χ3n) is 5.51. The van der Waals surface area contributed by atoms with Crippen LogP contribution in [0.3, 0.4) is 0 Å². The largest absolute Gasteiger partial charge is 0.253 e. The van der Waals surface area contributed by atoms with Gasteiger partial charge < -0.3 is 0 Å². The zero-order chi connectivity index (χ0) is 20.9. The van der Waals surface area contributed by atoms with Crippen LogP contribution in [-0.2, 0) is 6.42 Å². The van der Waals surface area contributed by atoms with Gasteiger partial charge in [-0.05, 0) is 42.7 Å². The van der Waals surface area contributed by atoms with Crippen LogP contribution in [0.1, 0.15) is 76.7 Å². The summed E-state index contributed by atoms with van der Waals surface area (Å²) in [5.74, 6) is 0. The lowest BCUT2D eigenvalue weighted by Crippen LogP contribution is -1.86. The Morgan fingerprint density at radius 1 is 0.667 bits per heavy atom. The van der Waals surface area contributed by atoms with Crippen LogP contribution in [0.5, 0.6) is 0 Å². The predicted octanol–water partition coefficient (Wildman–Crippen LogP) is 8.51. The number of aromatic nitrogens is 2. The van der Waals surface area contributed by atoms with Gasteiger partial charge in [0.2, 0.25) is 0 Å². The molecule has 3 rings (SSSR count). The van der Waals surface area contributed by atoms with Crippen LogP contribution in [0.2, 0.25) is 0 Å². The SMILES string of the molecule is CCCCCCCCCCCCc1ccc(/N=N/c2cccc3nccnc23)cc1. The molecule has 0 bridgehead atoms. The van der Waals surface area contributed by atoms with E-state index in [1.807, 2.05) is 30.3 Å². The molecular formula is C26H34N4. The van der Waals surface area contributed by atoms with Crippen molar-refractivity contribution >= 4 is 22.4 Å². The van der Waals surface area contributed by atoms with Gasteiger partial charge in [-0.3, -0.25) is 9.97 Å². The maximum absolute atomic E-state index is 4.38. The van der Waals surface area contributed by atoms with E-state index in [4.69, 9.17) is 0 Å². The van der Waals surface area contributed by atoms with Crippen LogP contribution in [-0.4, -0.2) is 9.97 Å². The van der Waals surface area contributed by atoms with Crippen molar-refractivity contribution in [2.24, 2.45) is 10.2 Å². The van der Waals surface area contributed by atoms with Crippen LogP contribution in [0, 0.1) is 0 Å². The molecule has 0 saturated heterocycles. The number of azo groups is 1. The average Bonchev–Trinajstić information content (AvgIpc) is 2.79.